The van der Waals surface area contributed by atoms with Gasteiger partial charge in [-0.15, -0.1) is 0 Å². The summed E-state index contributed by atoms with van der Waals surface area (Å²) in [7, 11) is 0. The Kier molecular flexibility index (Phi) is 4.36. The Hall–Kier alpha value is -2.90. The molecule has 3 heterocycles. The maximum absolute atomic E-state index is 12.4. The van der Waals surface area contributed by atoms with E-state index in [9.17, 15) is 4.79 Å². The van der Waals surface area contributed by atoms with Gasteiger partial charge in [-0.05, 0) is 58.2 Å². The van der Waals surface area contributed by atoms with Gasteiger partial charge in [0.25, 0.3) is 5.89 Å². The summed E-state index contributed by atoms with van der Waals surface area (Å²) in [5, 5.41) is 11.6. The van der Waals surface area contributed by atoms with Crippen molar-refractivity contribution in [2.45, 2.75) is 64.5 Å². The maximum Gasteiger partial charge on any atom is 0.408 e. The summed E-state index contributed by atoms with van der Waals surface area (Å²) in [6.07, 6.45) is 6.61. The smallest absolute Gasteiger partial charge is 0.408 e. The number of aryl methyl sites for hydroxylation is 1. The van der Waals surface area contributed by atoms with Crippen molar-refractivity contribution in [3.05, 3.63) is 35.9 Å². The van der Waals surface area contributed by atoms with Crippen LogP contribution in [0.2, 0.25) is 0 Å². The topological polar surface area (TPSA) is 94.5 Å². The summed E-state index contributed by atoms with van der Waals surface area (Å²) in [5.41, 5.74) is 1.56. The first kappa shape index (κ1) is 18.5. The molecule has 0 atom stereocenters. The quantitative estimate of drug-likeness (QED) is 0.735. The zero-order valence-electron chi connectivity index (χ0n) is 16.7. The maximum atomic E-state index is 12.4. The molecule has 1 fully saturated rings. The number of alkyl carbamates (subject to hydrolysis) is 1. The molecule has 8 heteroatoms. The first-order valence-corrected chi connectivity index (χ1v) is 9.56. The van der Waals surface area contributed by atoms with Crippen molar-refractivity contribution >= 4 is 11.6 Å². The van der Waals surface area contributed by atoms with E-state index in [0.29, 0.717) is 11.7 Å². The molecule has 1 N–H and O–H groups in total. The Morgan fingerprint density at radius 3 is 2.79 bits per heavy atom. The van der Waals surface area contributed by atoms with Gasteiger partial charge in [-0.25, -0.2) is 9.31 Å². The number of aromatic nitrogens is 4. The third kappa shape index (κ3) is 3.46. The number of ether oxygens (including phenoxy) is 1. The molecule has 3 aromatic heterocycles. The molecule has 0 aliphatic heterocycles. The van der Waals surface area contributed by atoms with E-state index in [0.717, 1.165) is 42.3 Å². The van der Waals surface area contributed by atoms with Crippen LogP contribution in [0.15, 0.2) is 29.0 Å². The van der Waals surface area contributed by atoms with E-state index in [4.69, 9.17) is 9.26 Å². The van der Waals surface area contributed by atoms with Gasteiger partial charge in [-0.2, -0.15) is 10.1 Å². The number of nitrogens with zero attached hydrogens (tertiary/aromatic N) is 4. The number of carbonyl (C=O) groups is 1. The standard InChI is InChI=1S/C20H25N5O3/c1-13-7-10-25-15(11-13)14(12-21-25)16-22-17(24-28-16)20(8-5-6-9-20)23-18(26)27-19(2,3)4/h7,10-12H,5-6,8-9H2,1-4H3,(H,23,26). The Balaban J connectivity index is 1.66. The summed E-state index contributed by atoms with van der Waals surface area (Å²) in [6, 6.07) is 4.01. The number of nitrogens with one attached hydrogen (secondary N) is 1. The molecule has 0 saturated heterocycles. The van der Waals surface area contributed by atoms with E-state index in [1.807, 2.05) is 46.0 Å². The van der Waals surface area contributed by atoms with Crippen LogP contribution in [0.25, 0.3) is 17.0 Å². The third-order valence-electron chi connectivity index (χ3n) is 4.96. The van der Waals surface area contributed by atoms with E-state index in [1.54, 1.807) is 10.7 Å². The van der Waals surface area contributed by atoms with Gasteiger partial charge in [0, 0.05) is 6.20 Å². The van der Waals surface area contributed by atoms with Gasteiger partial charge in [-0.1, -0.05) is 18.0 Å². The minimum atomic E-state index is -0.664. The second-order valence-electron chi connectivity index (χ2n) is 8.43. The van der Waals surface area contributed by atoms with E-state index in [2.05, 4.69) is 20.6 Å². The second-order valence-corrected chi connectivity index (χ2v) is 8.43. The molecule has 1 amide bonds. The Morgan fingerprint density at radius 2 is 2.07 bits per heavy atom. The fraction of sp³-hybridized carbons (Fsp3) is 0.500. The zero-order chi connectivity index (χ0) is 19.9. The summed E-state index contributed by atoms with van der Waals surface area (Å²) in [6.45, 7) is 7.54. The lowest BCUT2D eigenvalue weighted by molar-refractivity contribution is 0.0446. The lowest BCUT2D eigenvalue weighted by Gasteiger charge is -2.28. The third-order valence-corrected chi connectivity index (χ3v) is 4.96. The largest absolute Gasteiger partial charge is 0.444 e. The average Bonchev–Trinajstić information content (AvgIpc) is 3.31. The van der Waals surface area contributed by atoms with Crippen molar-refractivity contribution in [1.82, 2.24) is 25.1 Å². The number of fused-ring (bicyclic) bond motifs is 1. The number of carbonyl (C=O) groups excluding carboxylic acids is 1. The monoisotopic (exact) mass is 383 g/mol. The molecule has 0 aromatic carbocycles. The highest BCUT2D eigenvalue weighted by atomic mass is 16.6. The number of amides is 1. The molecule has 4 rings (SSSR count). The predicted octanol–water partition coefficient (Wildman–Crippen LogP) is 3.99. The first-order chi connectivity index (χ1) is 13.3. The van der Waals surface area contributed by atoms with E-state index in [-0.39, 0.29) is 0 Å². The van der Waals surface area contributed by atoms with Gasteiger partial charge in [0.05, 0.1) is 17.3 Å². The molecule has 1 aliphatic rings. The van der Waals surface area contributed by atoms with Gasteiger partial charge in [0.2, 0.25) is 0 Å². The van der Waals surface area contributed by atoms with Crippen LogP contribution in [0.1, 0.15) is 57.8 Å². The minimum Gasteiger partial charge on any atom is -0.444 e. The fourth-order valence-corrected chi connectivity index (χ4v) is 3.66. The SMILES string of the molecule is Cc1ccn2ncc(-c3nc(C4(NC(=O)OC(C)(C)C)CCCC4)no3)c2c1. The van der Waals surface area contributed by atoms with Crippen molar-refractivity contribution < 1.29 is 14.1 Å². The summed E-state index contributed by atoms with van der Waals surface area (Å²) >= 11 is 0. The van der Waals surface area contributed by atoms with Crippen LogP contribution >= 0.6 is 0 Å². The zero-order valence-corrected chi connectivity index (χ0v) is 16.7. The fourth-order valence-electron chi connectivity index (χ4n) is 3.66. The van der Waals surface area contributed by atoms with Crippen LogP contribution in [0.5, 0.6) is 0 Å². The van der Waals surface area contributed by atoms with Crippen molar-refractivity contribution in [3.63, 3.8) is 0 Å². The number of rotatable bonds is 3. The summed E-state index contributed by atoms with van der Waals surface area (Å²) in [4.78, 5) is 17.0. The second kappa shape index (κ2) is 6.61. The number of hydrogen-bond donors (Lipinski definition) is 1. The van der Waals surface area contributed by atoms with Crippen molar-refractivity contribution in [2.75, 3.05) is 0 Å². The number of hydrogen-bond acceptors (Lipinski definition) is 6. The highest BCUT2D eigenvalue weighted by Gasteiger charge is 2.42. The highest BCUT2D eigenvalue weighted by Crippen LogP contribution is 2.38. The first-order valence-electron chi connectivity index (χ1n) is 9.56. The lowest BCUT2D eigenvalue weighted by atomic mass is 9.97. The lowest BCUT2D eigenvalue weighted by Crippen LogP contribution is -2.46. The summed E-state index contributed by atoms with van der Waals surface area (Å²) < 4.78 is 12.8. The van der Waals surface area contributed by atoms with Crippen LogP contribution in [-0.2, 0) is 10.3 Å². The molecule has 0 radical (unpaired) electrons. The molecule has 1 saturated carbocycles. The highest BCUT2D eigenvalue weighted by molar-refractivity contribution is 5.75. The Morgan fingerprint density at radius 1 is 1.32 bits per heavy atom. The molecule has 0 spiro atoms. The Bertz CT molecular complexity index is 1010. The van der Waals surface area contributed by atoms with Crippen molar-refractivity contribution in [2.24, 2.45) is 0 Å². The molecule has 0 bridgehead atoms. The van der Waals surface area contributed by atoms with Crippen LogP contribution in [-0.4, -0.2) is 31.4 Å². The molecule has 1 aliphatic carbocycles. The van der Waals surface area contributed by atoms with Crippen LogP contribution in [0, 0.1) is 6.92 Å². The van der Waals surface area contributed by atoms with E-state index < -0.39 is 17.2 Å². The molecular weight excluding hydrogens is 358 g/mol. The van der Waals surface area contributed by atoms with Crippen LogP contribution in [0.4, 0.5) is 4.79 Å². The van der Waals surface area contributed by atoms with Crippen LogP contribution < -0.4 is 5.32 Å². The van der Waals surface area contributed by atoms with Gasteiger partial charge >= 0.3 is 6.09 Å². The van der Waals surface area contributed by atoms with Crippen LogP contribution in [0.3, 0.4) is 0 Å². The molecule has 8 nitrogen and oxygen atoms in total. The van der Waals surface area contributed by atoms with E-state index >= 15 is 0 Å². The normalized spacial score (nSPS) is 16.4. The molecule has 28 heavy (non-hydrogen) atoms. The minimum absolute atomic E-state index is 0.396. The summed E-state index contributed by atoms with van der Waals surface area (Å²) in [5.74, 6) is 0.880. The van der Waals surface area contributed by atoms with Gasteiger partial charge in [0.1, 0.15) is 11.1 Å². The molecule has 148 valence electrons. The average molecular weight is 383 g/mol. The van der Waals surface area contributed by atoms with Gasteiger partial charge < -0.3 is 14.6 Å². The van der Waals surface area contributed by atoms with Gasteiger partial charge in [-0.3, -0.25) is 0 Å². The Labute approximate surface area is 163 Å². The van der Waals surface area contributed by atoms with Gasteiger partial charge in [0.15, 0.2) is 5.82 Å². The molecular formula is C20H25N5O3. The van der Waals surface area contributed by atoms with Crippen molar-refractivity contribution in [3.8, 4) is 11.5 Å². The molecule has 3 aromatic rings. The van der Waals surface area contributed by atoms with Crippen molar-refractivity contribution in [1.29, 1.82) is 0 Å². The molecule has 0 unspecified atom stereocenters. The number of pyridine rings is 1. The van der Waals surface area contributed by atoms with E-state index in [1.165, 1.54) is 0 Å². The predicted molar refractivity (Wildman–Crippen MR) is 103 cm³/mol.